The third kappa shape index (κ3) is 1.31. The van der Waals surface area contributed by atoms with Crippen molar-refractivity contribution in [1.82, 2.24) is 0 Å². The van der Waals surface area contributed by atoms with Gasteiger partial charge in [-0.1, -0.05) is 29.3 Å². The summed E-state index contributed by atoms with van der Waals surface area (Å²) in [7, 11) is 0. The maximum Gasteiger partial charge on any atom is 0.235 e. The topological polar surface area (TPSA) is 17.1 Å². The molecule has 0 amide bonds. The molecule has 51 valence electrons. The zero-order valence-corrected chi connectivity index (χ0v) is 6.41. The maximum atomic E-state index is 10.1. The van der Waals surface area contributed by atoms with Gasteiger partial charge in [-0.2, -0.15) is 0 Å². The molecule has 0 unspecified atom stereocenters. The molecule has 0 aliphatic carbocycles. The van der Waals surface area contributed by atoms with Gasteiger partial charge in [-0.3, -0.25) is 4.79 Å². The van der Waals surface area contributed by atoms with Crippen molar-refractivity contribution in [2.75, 3.05) is 0 Å². The van der Waals surface area contributed by atoms with Crippen molar-refractivity contribution in [3.63, 3.8) is 0 Å². The molecule has 1 nitrogen and oxygen atoms in total. The standard InChI is InChI=1S/C7H3Cl2O/c8-6-3-1-2-5(4-10)7(6)9/h1-3H. The van der Waals surface area contributed by atoms with Crippen molar-refractivity contribution in [1.29, 1.82) is 0 Å². The summed E-state index contributed by atoms with van der Waals surface area (Å²) in [6, 6.07) is 4.82. The predicted octanol–water partition coefficient (Wildman–Crippen LogP) is 2.45. The van der Waals surface area contributed by atoms with Gasteiger partial charge in [0.25, 0.3) is 0 Å². The summed E-state index contributed by atoms with van der Waals surface area (Å²) in [5.74, 6) is 0. The quantitative estimate of drug-likeness (QED) is 0.638. The maximum absolute atomic E-state index is 10.1. The van der Waals surface area contributed by atoms with Crippen molar-refractivity contribution >= 4 is 29.5 Å². The van der Waals surface area contributed by atoms with Gasteiger partial charge in [0.1, 0.15) is 0 Å². The number of benzene rings is 1. The minimum Gasteiger partial charge on any atom is -0.285 e. The van der Waals surface area contributed by atoms with Crippen molar-refractivity contribution < 1.29 is 4.79 Å². The van der Waals surface area contributed by atoms with Crippen molar-refractivity contribution in [3.8, 4) is 0 Å². The first-order valence-electron chi connectivity index (χ1n) is 2.58. The van der Waals surface area contributed by atoms with E-state index < -0.39 is 0 Å². The minimum atomic E-state index is 0.263. The molecule has 1 rings (SSSR count). The zero-order chi connectivity index (χ0) is 7.56. The van der Waals surface area contributed by atoms with Crippen LogP contribution in [0.2, 0.25) is 10.0 Å². The van der Waals surface area contributed by atoms with E-state index in [4.69, 9.17) is 23.2 Å². The zero-order valence-electron chi connectivity index (χ0n) is 4.90. The number of hydrogen-bond donors (Lipinski definition) is 0. The van der Waals surface area contributed by atoms with Gasteiger partial charge in [0.2, 0.25) is 6.29 Å². The van der Waals surface area contributed by atoms with Gasteiger partial charge < -0.3 is 0 Å². The number of hydrogen-bond acceptors (Lipinski definition) is 1. The summed E-state index contributed by atoms with van der Waals surface area (Å²) < 4.78 is 0. The van der Waals surface area contributed by atoms with Crippen LogP contribution in [0.5, 0.6) is 0 Å². The molecule has 1 aromatic carbocycles. The predicted molar refractivity (Wildman–Crippen MR) is 41.3 cm³/mol. The summed E-state index contributed by atoms with van der Waals surface area (Å²) in [5.41, 5.74) is 0.300. The van der Waals surface area contributed by atoms with Gasteiger partial charge >= 0.3 is 0 Å². The number of carbonyl (C=O) groups excluding carboxylic acids is 1. The molecule has 0 aromatic heterocycles. The van der Waals surface area contributed by atoms with Gasteiger partial charge in [-0.05, 0) is 12.1 Å². The molecule has 0 heterocycles. The van der Waals surface area contributed by atoms with Crippen LogP contribution in [0.1, 0.15) is 5.56 Å². The van der Waals surface area contributed by atoms with E-state index in [1.165, 1.54) is 0 Å². The highest BCUT2D eigenvalue weighted by Crippen LogP contribution is 2.23. The average molecular weight is 174 g/mol. The summed E-state index contributed by atoms with van der Waals surface area (Å²) in [6.07, 6.45) is 1.67. The smallest absolute Gasteiger partial charge is 0.235 e. The van der Waals surface area contributed by atoms with Crippen LogP contribution in [-0.2, 0) is 4.79 Å². The molecule has 0 aliphatic rings. The second kappa shape index (κ2) is 3.04. The van der Waals surface area contributed by atoms with Gasteiger partial charge in [-0.15, -0.1) is 0 Å². The summed E-state index contributed by atoms with van der Waals surface area (Å²) >= 11 is 11.2. The van der Waals surface area contributed by atoms with Crippen molar-refractivity contribution in [2.45, 2.75) is 0 Å². The van der Waals surface area contributed by atoms with E-state index in [0.717, 1.165) is 0 Å². The first-order valence-corrected chi connectivity index (χ1v) is 3.33. The van der Waals surface area contributed by atoms with E-state index in [1.54, 1.807) is 24.5 Å². The SMILES string of the molecule is O=[C]c1cccc(Cl)c1Cl. The Morgan fingerprint density at radius 1 is 1.30 bits per heavy atom. The first-order chi connectivity index (χ1) is 4.75. The largest absolute Gasteiger partial charge is 0.285 e. The van der Waals surface area contributed by atoms with E-state index in [0.29, 0.717) is 10.6 Å². The van der Waals surface area contributed by atoms with Crippen molar-refractivity contribution in [2.24, 2.45) is 0 Å². The first kappa shape index (κ1) is 7.58. The van der Waals surface area contributed by atoms with E-state index in [-0.39, 0.29) is 5.02 Å². The minimum absolute atomic E-state index is 0.263. The Bertz CT molecular complexity index is 258. The highest BCUT2D eigenvalue weighted by Gasteiger charge is 2.01. The Morgan fingerprint density at radius 2 is 2.00 bits per heavy atom. The van der Waals surface area contributed by atoms with E-state index in [1.807, 2.05) is 0 Å². The van der Waals surface area contributed by atoms with Gasteiger partial charge in [0, 0.05) is 5.56 Å². The van der Waals surface area contributed by atoms with Crippen molar-refractivity contribution in [3.05, 3.63) is 33.8 Å². The molecule has 0 N–H and O–H groups in total. The Kier molecular flexibility index (Phi) is 2.30. The lowest BCUT2D eigenvalue weighted by atomic mass is 10.2. The number of halogens is 2. The average Bonchev–Trinajstić information content (AvgIpc) is 1.95. The van der Waals surface area contributed by atoms with E-state index in [2.05, 4.69) is 0 Å². The molecular weight excluding hydrogens is 171 g/mol. The normalized spacial score (nSPS) is 9.40. The Hall–Kier alpha value is -0.530. The lowest BCUT2D eigenvalue weighted by Gasteiger charge is -1.94. The highest BCUT2D eigenvalue weighted by molar-refractivity contribution is 6.43. The van der Waals surface area contributed by atoms with Crippen LogP contribution in [0, 0.1) is 0 Å². The van der Waals surface area contributed by atoms with Crippen LogP contribution in [0.25, 0.3) is 0 Å². The molecule has 10 heavy (non-hydrogen) atoms. The number of rotatable bonds is 1. The second-order valence-electron chi connectivity index (χ2n) is 1.70. The molecule has 0 saturated heterocycles. The molecule has 0 spiro atoms. The summed E-state index contributed by atoms with van der Waals surface area (Å²) in [5, 5.41) is 0.640. The molecule has 1 aromatic rings. The third-order valence-corrected chi connectivity index (χ3v) is 1.88. The van der Waals surface area contributed by atoms with Crippen LogP contribution in [0.3, 0.4) is 0 Å². The monoisotopic (exact) mass is 173 g/mol. The lowest BCUT2D eigenvalue weighted by Crippen LogP contribution is -1.81. The highest BCUT2D eigenvalue weighted by atomic mass is 35.5. The van der Waals surface area contributed by atoms with Crippen LogP contribution in [0.15, 0.2) is 18.2 Å². The van der Waals surface area contributed by atoms with Crippen LogP contribution >= 0.6 is 23.2 Å². The van der Waals surface area contributed by atoms with Crippen LogP contribution in [0.4, 0.5) is 0 Å². The molecular formula is C7H3Cl2O. The Morgan fingerprint density at radius 3 is 2.50 bits per heavy atom. The molecule has 0 fully saturated rings. The van der Waals surface area contributed by atoms with Gasteiger partial charge in [0.15, 0.2) is 0 Å². The third-order valence-electron chi connectivity index (χ3n) is 1.06. The van der Waals surface area contributed by atoms with Crippen LogP contribution in [-0.4, -0.2) is 6.29 Å². The van der Waals surface area contributed by atoms with Crippen LogP contribution < -0.4 is 0 Å². The summed E-state index contributed by atoms with van der Waals surface area (Å²) in [4.78, 5) is 10.1. The van der Waals surface area contributed by atoms with E-state index in [9.17, 15) is 4.79 Å². The fourth-order valence-corrected chi connectivity index (χ4v) is 0.922. The van der Waals surface area contributed by atoms with Gasteiger partial charge in [0.05, 0.1) is 10.0 Å². The Labute approximate surface area is 68.6 Å². The molecule has 1 radical (unpaired) electrons. The fraction of sp³-hybridized carbons (Fsp3) is 0. The molecule has 3 heteroatoms. The lowest BCUT2D eigenvalue weighted by molar-refractivity contribution is 0.563. The molecule has 0 atom stereocenters. The molecule has 0 aliphatic heterocycles. The molecule has 0 saturated carbocycles. The summed E-state index contributed by atoms with van der Waals surface area (Å²) in [6.45, 7) is 0. The Balaban J connectivity index is 3.27. The van der Waals surface area contributed by atoms with Gasteiger partial charge in [-0.25, -0.2) is 0 Å². The molecule has 0 bridgehead atoms. The fourth-order valence-electron chi connectivity index (χ4n) is 0.583. The van der Waals surface area contributed by atoms with E-state index >= 15 is 0 Å². The second-order valence-corrected chi connectivity index (χ2v) is 2.49.